The molecule has 4 nitrogen and oxygen atoms in total. The van der Waals surface area contributed by atoms with Gasteiger partial charge in [0, 0.05) is 12.6 Å². The van der Waals surface area contributed by atoms with Crippen molar-refractivity contribution < 1.29 is 8.42 Å². The molecular formula is C12H17Cl3N2O2S. The quantitative estimate of drug-likeness (QED) is 0.849. The molecule has 2 N–H and O–H groups in total. The predicted molar refractivity (Wildman–Crippen MR) is 85.4 cm³/mol. The first-order valence-corrected chi connectivity index (χ1v) is 8.52. The van der Waals surface area contributed by atoms with Crippen LogP contribution in [0, 0.1) is 0 Å². The first-order valence-electron chi connectivity index (χ1n) is 6.11. The van der Waals surface area contributed by atoms with E-state index in [1.165, 1.54) is 0 Å². The van der Waals surface area contributed by atoms with Gasteiger partial charge in [0.05, 0.1) is 15.8 Å². The normalized spacial score (nSPS) is 18.8. The van der Waals surface area contributed by atoms with Crippen LogP contribution < -0.4 is 10.0 Å². The topological polar surface area (TPSA) is 58.2 Å². The second-order valence-electron chi connectivity index (χ2n) is 4.65. The van der Waals surface area contributed by atoms with Gasteiger partial charge in [-0.3, -0.25) is 0 Å². The lowest BCUT2D eigenvalue weighted by molar-refractivity contribution is 0.551. The number of sulfonamides is 1. The minimum absolute atomic E-state index is 0. The van der Waals surface area contributed by atoms with Crippen molar-refractivity contribution in [3.63, 3.8) is 0 Å². The Morgan fingerprint density at radius 3 is 2.65 bits per heavy atom. The van der Waals surface area contributed by atoms with Gasteiger partial charge in [-0.1, -0.05) is 29.3 Å². The van der Waals surface area contributed by atoms with Crippen LogP contribution in [0.1, 0.15) is 18.4 Å². The van der Waals surface area contributed by atoms with Crippen molar-refractivity contribution in [1.29, 1.82) is 0 Å². The van der Waals surface area contributed by atoms with Crippen molar-refractivity contribution >= 4 is 45.6 Å². The van der Waals surface area contributed by atoms with Crippen LogP contribution in [0.5, 0.6) is 0 Å². The summed E-state index contributed by atoms with van der Waals surface area (Å²) in [5.74, 6) is -0.0867. The summed E-state index contributed by atoms with van der Waals surface area (Å²) in [6, 6.07) is 5.09. The SMILES string of the molecule is Cl.O=S(=O)(Cc1ccc(Cl)c(Cl)c1)NCC1CCCN1. The maximum atomic E-state index is 11.9. The van der Waals surface area contributed by atoms with E-state index in [9.17, 15) is 8.42 Å². The van der Waals surface area contributed by atoms with E-state index in [1.54, 1.807) is 18.2 Å². The first-order chi connectivity index (χ1) is 8.96. The Hall–Kier alpha value is -0.0400. The van der Waals surface area contributed by atoms with E-state index < -0.39 is 10.0 Å². The molecular weight excluding hydrogens is 343 g/mol. The van der Waals surface area contributed by atoms with Gasteiger partial charge in [-0.05, 0) is 37.1 Å². The highest BCUT2D eigenvalue weighted by Crippen LogP contribution is 2.23. The molecule has 1 aliphatic rings. The number of rotatable bonds is 5. The summed E-state index contributed by atoms with van der Waals surface area (Å²) in [7, 11) is -3.34. The molecule has 1 aromatic carbocycles. The third-order valence-corrected chi connectivity index (χ3v) is 5.11. The molecule has 1 aliphatic heterocycles. The van der Waals surface area contributed by atoms with Crippen LogP contribution in [0.3, 0.4) is 0 Å². The lowest BCUT2D eigenvalue weighted by Crippen LogP contribution is -2.37. The van der Waals surface area contributed by atoms with Gasteiger partial charge in [-0.25, -0.2) is 13.1 Å². The molecule has 0 saturated carbocycles. The van der Waals surface area contributed by atoms with Gasteiger partial charge in [-0.15, -0.1) is 12.4 Å². The Bertz CT molecular complexity index is 546. The molecule has 0 aliphatic carbocycles. The van der Waals surface area contributed by atoms with Crippen LogP contribution in [0.2, 0.25) is 10.0 Å². The van der Waals surface area contributed by atoms with Gasteiger partial charge in [0.2, 0.25) is 10.0 Å². The molecule has 1 atom stereocenters. The molecule has 114 valence electrons. The smallest absolute Gasteiger partial charge is 0.215 e. The third kappa shape index (κ3) is 5.39. The van der Waals surface area contributed by atoms with Gasteiger partial charge in [0.25, 0.3) is 0 Å². The molecule has 1 saturated heterocycles. The van der Waals surface area contributed by atoms with Crippen molar-refractivity contribution in [2.75, 3.05) is 13.1 Å². The standard InChI is InChI=1S/C12H16Cl2N2O2S.ClH/c13-11-4-3-9(6-12(11)14)8-19(17,18)16-7-10-2-1-5-15-10;/h3-4,6,10,15-16H,1-2,5,7-8H2;1H. The van der Waals surface area contributed by atoms with Crippen LogP contribution >= 0.6 is 35.6 Å². The zero-order valence-electron chi connectivity index (χ0n) is 10.7. The molecule has 1 fully saturated rings. The highest BCUT2D eigenvalue weighted by Gasteiger charge is 2.18. The van der Waals surface area contributed by atoms with E-state index in [-0.39, 0.29) is 24.2 Å². The molecule has 1 unspecified atom stereocenters. The fourth-order valence-electron chi connectivity index (χ4n) is 2.06. The molecule has 0 bridgehead atoms. The largest absolute Gasteiger partial charge is 0.313 e. The molecule has 0 spiro atoms. The molecule has 1 heterocycles. The zero-order chi connectivity index (χ0) is 13.9. The molecule has 0 amide bonds. The summed E-state index contributed by atoms with van der Waals surface area (Å²) in [5.41, 5.74) is 0.626. The van der Waals surface area contributed by atoms with Crippen molar-refractivity contribution in [2.45, 2.75) is 24.6 Å². The minimum atomic E-state index is -3.34. The summed E-state index contributed by atoms with van der Waals surface area (Å²) < 4.78 is 26.5. The van der Waals surface area contributed by atoms with E-state index >= 15 is 0 Å². The van der Waals surface area contributed by atoms with Gasteiger partial charge >= 0.3 is 0 Å². The summed E-state index contributed by atoms with van der Waals surface area (Å²) in [5, 5.41) is 4.03. The highest BCUT2D eigenvalue weighted by atomic mass is 35.5. The number of halogens is 3. The Labute approximate surface area is 135 Å². The molecule has 2 rings (SSSR count). The second kappa shape index (κ2) is 7.82. The van der Waals surface area contributed by atoms with Crippen LogP contribution in [0.15, 0.2) is 18.2 Å². The maximum absolute atomic E-state index is 11.9. The number of nitrogens with one attached hydrogen (secondary N) is 2. The predicted octanol–water partition coefficient (Wildman–Crippen LogP) is 2.59. The van der Waals surface area contributed by atoms with Crippen molar-refractivity contribution in [3.05, 3.63) is 33.8 Å². The van der Waals surface area contributed by atoms with Gasteiger partial charge in [0.1, 0.15) is 0 Å². The fourth-order valence-corrected chi connectivity index (χ4v) is 3.55. The van der Waals surface area contributed by atoms with Crippen molar-refractivity contribution in [1.82, 2.24) is 10.0 Å². The highest BCUT2D eigenvalue weighted by molar-refractivity contribution is 7.88. The van der Waals surface area contributed by atoms with E-state index in [0.29, 0.717) is 22.2 Å². The molecule has 8 heteroatoms. The van der Waals surface area contributed by atoms with Gasteiger partial charge < -0.3 is 5.32 Å². The molecule has 1 aromatic rings. The summed E-state index contributed by atoms with van der Waals surface area (Å²) >= 11 is 11.7. The minimum Gasteiger partial charge on any atom is -0.313 e. The third-order valence-electron chi connectivity index (χ3n) is 3.05. The van der Waals surface area contributed by atoms with Gasteiger partial charge in [0.15, 0.2) is 0 Å². The van der Waals surface area contributed by atoms with Crippen molar-refractivity contribution in [3.8, 4) is 0 Å². The van der Waals surface area contributed by atoms with E-state index in [4.69, 9.17) is 23.2 Å². The fraction of sp³-hybridized carbons (Fsp3) is 0.500. The van der Waals surface area contributed by atoms with Crippen LogP contribution in [0.4, 0.5) is 0 Å². The maximum Gasteiger partial charge on any atom is 0.215 e. The average Bonchev–Trinajstić information content (AvgIpc) is 2.84. The molecule has 0 radical (unpaired) electrons. The summed E-state index contributed by atoms with van der Waals surface area (Å²) in [6.07, 6.45) is 2.11. The van der Waals surface area contributed by atoms with E-state index in [0.717, 1.165) is 19.4 Å². The first kappa shape index (κ1) is 18.0. The summed E-state index contributed by atoms with van der Waals surface area (Å²) in [6.45, 7) is 1.39. The Kier molecular flexibility index (Phi) is 7.04. The lowest BCUT2D eigenvalue weighted by atomic mass is 10.2. The average molecular weight is 360 g/mol. The van der Waals surface area contributed by atoms with Crippen LogP contribution in [0.25, 0.3) is 0 Å². The monoisotopic (exact) mass is 358 g/mol. The Morgan fingerprint density at radius 1 is 1.30 bits per heavy atom. The van der Waals surface area contributed by atoms with Crippen LogP contribution in [-0.4, -0.2) is 27.5 Å². The zero-order valence-corrected chi connectivity index (χ0v) is 13.9. The number of benzene rings is 1. The Morgan fingerprint density at radius 2 is 2.05 bits per heavy atom. The Balaban J connectivity index is 0.00000200. The van der Waals surface area contributed by atoms with E-state index in [1.807, 2.05) is 0 Å². The van der Waals surface area contributed by atoms with Crippen molar-refractivity contribution in [2.24, 2.45) is 0 Å². The van der Waals surface area contributed by atoms with Gasteiger partial charge in [-0.2, -0.15) is 0 Å². The van der Waals surface area contributed by atoms with Crippen LogP contribution in [-0.2, 0) is 15.8 Å². The molecule has 0 aromatic heterocycles. The lowest BCUT2D eigenvalue weighted by Gasteiger charge is -2.12. The summed E-state index contributed by atoms with van der Waals surface area (Å²) in [4.78, 5) is 0. The number of hydrogen-bond acceptors (Lipinski definition) is 3. The molecule has 20 heavy (non-hydrogen) atoms. The van der Waals surface area contributed by atoms with E-state index in [2.05, 4.69) is 10.0 Å². The second-order valence-corrected chi connectivity index (χ2v) is 7.27. The number of hydrogen-bond donors (Lipinski definition) is 2.